The van der Waals surface area contributed by atoms with Gasteiger partial charge in [0.1, 0.15) is 0 Å². The summed E-state index contributed by atoms with van der Waals surface area (Å²) in [5.74, 6) is 0. The monoisotopic (exact) mass is 262 g/mol. The Morgan fingerprint density at radius 3 is 2.25 bits per heavy atom. The van der Waals surface area contributed by atoms with Crippen molar-refractivity contribution in [3.63, 3.8) is 0 Å². The Balaban J connectivity index is 3.61. The number of hydrogen-bond acceptors (Lipinski definition) is 4. The van der Waals surface area contributed by atoms with Crippen molar-refractivity contribution in [2.24, 2.45) is 9.54 Å². The SMILES string of the molecule is C=NS(=O)(=O)c1cc(S(N)(=O)=O)ccc1C. The molecule has 0 spiro atoms. The van der Waals surface area contributed by atoms with Crippen LogP contribution in [0.25, 0.3) is 0 Å². The molecule has 6 nitrogen and oxygen atoms in total. The number of hydrogen-bond donors (Lipinski definition) is 1. The van der Waals surface area contributed by atoms with Crippen molar-refractivity contribution in [3.8, 4) is 0 Å². The van der Waals surface area contributed by atoms with E-state index in [1.165, 1.54) is 19.1 Å². The molecule has 0 amide bonds. The summed E-state index contributed by atoms with van der Waals surface area (Å²) in [6.45, 7) is 4.44. The van der Waals surface area contributed by atoms with Gasteiger partial charge in [0, 0.05) is 6.72 Å². The van der Waals surface area contributed by atoms with Gasteiger partial charge < -0.3 is 0 Å². The molecule has 0 atom stereocenters. The Morgan fingerprint density at radius 2 is 1.81 bits per heavy atom. The maximum Gasteiger partial charge on any atom is 0.282 e. The second kappa shape index (κ2) is 3.96. The molecule has 0 saturated heterocycles. The quantitative estimate of drug-likeness (QED) is 0.775. The summed E-state index contributed by atoms with van der Waals surface area (Å²) < 4.78 is 47.9. The van der Waals surface area contributed by atoms with Gasteiger partial charge in [-0.3, -0.25) is 0 Å². The third kappa shape index (κ3) is 2.46. The van der Waals surface area contributed by atoms with Crippen LogP contribution in [0.2, 0.25) is 0 Å². The van der Waals surface area contributed by atoms with Crippen molar-refractivity contribution >= 4 is 26.8 Å². The van der Waals surface area contributed by atoms with Crippen molar-refractivity contribution < 1.29 is 16.8 Å². The number of primary sulfonamides is 1. The highest BCUT2D eigenvalue weighted by molar-refractivity contribution is 7.90. The van der Waals surface area contributed by atoms with Gasteiger partial charge in [0.05, 0.1) is 9.79 Å². The zero-order valence-electron chi connectivity index (χ0n) is 8.41. The molecule has 1 aromatic rings. The Labute approximate surface area is 93.9 Å². The van der Waals surface area contributed by atoms with Crippen LogP contribution >= 0.6 is 0 Å². The van der Waals surface area contributed by atoms with Crippen LogP contribution in [-0.2, 0) is 20.0 Å². The summed E-state index contributed by atoms with van der Waals surface area (Å²) in [5.41, 5.74) is 0.375. The number of nitrogens with two attached hydrogens (primary N) is 1. The van der Waals surface area contributed by atoms with Crippen LogP contribution in [-0.4, -0.2) is 23.6 Å². The number of aryl methyl sites for hydroxylation is 1. The molecule has 0 fully saturated rings. The largest absolute Gasteiger partial charge is 0.282 e. The highest BCUT2D eigenvalue weighted by Crippen LogP contribution is 2.20. The lowest BCUT2D eigenvalue weighted by Crippen LogP contribution is -2.13. The lowest BCUT2D eigenvalue weighted by Gasteiger charge is -2.05. The van der Waals surface area contributed by atoms with Gasteiger partial charge >= 0.3 is 0 Å². The lowest BCUT2D eigenvalue weighted by molar-refractivity contribution is 0.595. The van der Waals surface area contributed by atoms with E-state index in [2.05, 4.69) is 11.1 Å². The number of sulfonamides is 2. The van der Waals surface area contributed by atoms with Gasteiger partial charge in [-0.2, -0.15) is 12.8 Å². The molecular formula is C8H10N2O4S2. The minimum atomic E-state index is -3.94. The Kier molecular flexibility index (Phi) is 3.17. The number of rotatable bonds is 3. The molecule has 88 valence electrons. The Hall–Kier alpha value is -1.25. The van der Waals surface area contributed by atoms with Crippen LogP contribution in [0.5, 0.6) is 0 Å². The molecule has 0 heterocycles. The summed E-state index contributed by atoms with van der Waals surface area (Å²) in [5, 5.41) is 4.89. The first-order valence-corrected chi connectivity index (χ1v) is 7.03. The topological polar surface area (TPSA) is 107 Å². The number of nitrogens with zero attached hydrogens (tertiary/aromatic N) is 1. The molecule has 16 heavy (non-hydrogen) atoms. The first-order chi connectivity index (χ1) is 7.18. The molecule has 0 saturated carbocycles. The molecule has 0 aliphatic carbocycles. The standard InChI is InChI=1S/C8H10N2O4S2/c1-6-3-4-7(15(9,11)12)5-8(6)16(13,14)10-2/h3-5H,2H2,1H3,(H2,9,11,12). The summed E-state index contributed by atoms with van der Waals surface area (Å²) in [4.78, 5) is -0.491. The minimum absolute atomic E-state index is 0.214. The fourth-order valence-corrected chi connectivity index (χ4v) is 2.61. The van der Waals surface area contributed by atoms with Gasteiger partial charge in [-0.15, -0.1) is 0 Å². The van der Waals surface area contributed by atoms with E-state index < -0.39 is 20.0 Å². The molecular weight excluding hydrogens is 252 g/mol. The molecule has 0 aliphatic rings. The highest BCUT2D eigenvalue weighted by Gasteiger charge is 2.18. The van der Waals surface area contributed by atoms with Crippen molar-refractivity contribution in [1.82, 2.24) is 0 Å². The van der Waals surface area contributed by atoms with Crippen molar-refractivity contribution in [1.29, 1.82) is 0 Å². The third-order valence-corrected chi connectivity index (χ3v) is 4.18. The van der Waals surface area contributed by atoms with Crippen LogP contribution in [0.3, 0.4) is 0 Å². The molecule has 0 aromatic heterocycles. The molecule has 1 rings (SSSR count). The van der Waals surface area contributed by atoms with E-state index in [0.29, 0.717) is 5.56 Å². The van der Waals surface area contributed by atoms with Crippen LogP contribution in [0, 0.1) is 6.92 Å². The van der Waals surface area contributed by atoms with Gasteiger partial charge in [-0.05, 0) is 24.6 Å². The van der Waals surface area contributed by atoms with Gasteiger partial charge in [0.2, 0.25) is 10.0 Å². The normalized spacial score (nSPS) is 12.4. The molecule has 0 aliphatic heterocycles. The van der Waals surface area contributed by atoms with Crippen molar-refractivity contribution in [3.05, 3.63) is 23.8 Å². The smallest absolute Gasteiger partial charge is 0.225 e. The van der Waals surface area contributed by atoms with E-state index in [1.54, 1.807) is 0 Å². The zero-order valence-corrected chi connectivity index (χ0v) is 10.0. The van der Waals surface area contributed by atoms with E-state index in [1.807, 2.05) is 0 Å². The Morgan fingerprint density at radius 1 is 1.25 bits per heavy atom. The van der Waals surface area contributed by atoms with E-state index in [9.17, 15) is 16.8 Å². The second-order valence-electron chi connectivity index (χ2n) is 3.08. The summed E-state index contributed by atoms with van der Waals surface area (Å²) in [6, 6.07) is 3.54. The zero-order chi connectivity index (χ0) is 12.6. The minimum Gasteiger partial charge on any atom is -0.225 e. The van der Waals surface area contributed by atoms with Crippen molar-refractivity contribution in [2.45, 2.75) is 16.7 Å². The molecule has 0 radical (unpaired) electrons. The lowest BCUT2D eigenvalue weighted by atomic mass is 10.2. The summed E-state index contributed by atoms with van der Waals surface area (Å²) in [6.07, 6.45) is 0. The highest BCUT2D eigenvalue weighted by atomic mass is 32.2. The van der Waals surface area contributed by atoms with Crippen molar-refractivity contribution in [2.75, 3.05) is 0 Å². The van der Waals surface area contributed by atoms with E-state index in [4.69, 9.17) is 5.14 Å². The molecule has 1 aromatic carbocycles. The fourth-order valence-electron chi connectivity index (χ4n) is 1.10. The fraction of sp³-hybridized carbons (Fsp3) is 0.125. The van der Waals surface area contributed by atoms with Crippen LogP contribution < -0.4 is 5.14 Å². The van der Waals surface area contributed by atoms with Gasteiger partial charge in [-0.1, -0.05) is 6.07 Å². The van der Waals surface area contributed by atoms with E-state index in [-0.39, 0.29) is 9.79 Å². The molecule has 0 bridgehead atoms. The van der Waals surface area contributed by atoms with Gasteiger partial charge in [0.25, 0.3) is 10.0 Å². The van der Waals surface area contributed by atoms with Crippen LogP contribution in [0.1, 0.15) is 5.56 Å². The van der Waals surface area contributed by atoms with Gasteiger partial charge in [-0.25, -0.2) is 13.6 Å². The molecule has 2 N–H and O–H groups in total. The average Bonchev–Trinajstić information content (AvgIpc) is 2.16. The predicted octanol–water partition coefficient (Wildman–Crippen LogP) is 0.0317. The van der Waals surface area contributed by atoms with E-state index in [0.717, 1.165) is 6.07 Å². The Bertz CT molecular complexity index is 632. The maximum absolute atomic E-state index is 11.4. The summed E-state index contributed by atoms with van der Waals surface area (Å²) in [7, 11) is -7.85. The van der Waals surface area contributed by atoms with Gasteiger partial charge in [0.15, 0.2) is 0 Å². The van der Waals surface area contributed by atoms with Crippen LogP contribution in [0.4, 0.5) is 0 Å². The first kappa shape index (κ1) is 12.8. The summed E-state index contributed by atoms with van der Waals surface area (Å²) >= 11 is 0. The number of benzene rings is 1. The second-order valence-corrected chi connectivity index (χ2v) is 6.29. The first-order valence-electron chi connectivity index (χ1n) is 4.05. The third-order valence-electron chi connectivity index (χ3n) is 1.94. The van der Waals surface area contributed by atoms with Crippen LogP contribution in [0.15, 0.2) is 32.4 Å². The average molecular weight is 262 g/mol. The van der Waals surface area contributed by atoms with E-state index >= 15 is 0 Å². The molecule has 8 heteroatoms. The molecule has 0 unspecified atom stereocenters. The maximum atomic E-state index is 11.4. The predicted molar refractivity (Wildman–Crippen MR) is 59.3 cm³/mol.